The third-order valence-corrected chi connectivity index (χ3v) is 12.9. The van der Waals surface area contributed by atoms with Gasteiger partial charge in [0.2, 0.25) is 47.3 Å². The van der Waals surface area contributed by atoms with Crippen LogP contribution < -0.4 is 32.3 Å². The Labute approximate surface area is 414 Å². The van der Waals surface area contributed by atoms with Gasteiger partial charge in [0.1, 0.15) is 66.5 Å². The molecule has 0 unspecified atom stereocenters. The molecule has 2 aliphatic rings. The van der Waals surface area contributed by atoms with Crippen molar-refractivity contribution in [2.24, 2.45) is 23.5 Å². The van der Waals surface area contributed by atoms with Crippen molar-refractivity contribution in [2.75, 3.05) is 14.2 Å². The van der Waals surface area contributed by atoms with Crippen LogP contribution in [0, 0.1) is 17.8 Å². The molecule has 2 aromatic rings. The highest BCUT2D eigenvalue weighted by molar-refractivity contribution is 5.99. The topological polar surface area (TPSA) is 305 Å². The van der Waals surface area contributed by atoms with E-state index in [1.165, 1.54) is 55.1 Å². The van der Waals surface area contributed by atoms with Crippen LogP contribution in [-0.4, -0.2) is 148 Å². The average molecular weight is 993 g/mol. The van der Waals surface area contributed by atoms with Gasteiger partial charge in [-0.3, -0.25) is 38.4 Å². The number of aliphatic hydroxyl groups is 1. The molecule has 11 atom stereocenters. The summed E-state index contributed by atoms with van der Waals surface area (Å²) in [5.41, 5.74) is 6.60. The molecule has 2 saturated heterocycles. The number of carbonyl (C=O) groups is 9. The Morgan fingerprint density at radius 1 is 0.859 bits per heavy atom. The molecule has 21 heteroatoms. The van der Waals surface area contributed by atoms with Crippen molar-refractivity contribution in [3.05, 3.63) is 65.7 Å². The minimum absolute atomic E-state index is 0.0128. The number of phenolic OH excluding ortho intramolecular Hbond substituents is 1. The van der Waals surface area contributed by atoms with Crippen molar-refractivity contribution in [1.82, 2.24) is 36.4 Å². The molecule has 0 spiro atoms. The van der Waals surface area contributed by atoms with Crippen molar-refractivity contribution in [1.29, 1.82) is 0 Å². The van der Waals surface area contributed by atoms with Crippen LogP contribution in [-0.2, 0) is 65.5 Å². The van der Waals surface area contributed by atoms with Crippen molar-refractivity contribution in [3.63, 3.8) is 0 Å². The second kappa shape index (κ2) is 26.0. The number of hydrogen-bond acceptors (Lipinski definition) is 13. The molecule has 0 saturated carbocycles. The summed E-state index contributed by atoms with van der Waals surface area (Å²) in [5, 5.41) is 33.3. The zero-order valence-electron chi connectivity index (χ0n) is 42.0. The molecule has 0 radical (unpaired) electrons. The van der Waals surface area contributed by atoms with Crippen LogP contribution in [0.25, 0.3) is 0 Å². The fourth-order valence-electron chi connectivity index (χ4n) is 8.62. The number of aromatic hydroxyl groups is 1. The summed E-state index contributed by atoms with van der Waals surface area (Å²) >= 11 is 0. The third kappa shape index (κ3) is 15.4. The Morgan fingerprint density at radius 3 is 2.08 bits per heavy atom. The number of nitrogens with two attached hydrogens (primary N) is 1. The second-order valence-electron chi connectivity index (χ2n) is 19.2. The number of esters is 1. The quantitative estimate of drug-likeness (QED) is 0.105. The number of benzene rings is 2. The Bertz CT molecular complexity index is 2210. The molecule has 2 aliphatic heterocycles. The van der Waals surface area contributed by atoms with E-state index in [1.807, 2.05) is 6.92 Å². The number of nitrogens with one attached hydrogen (secondary N) is 5. The number of nitrogens with zero attached hydrogens (tertiary/aromatic N) is 2. The number of piperidine rings is 1. The number of amides is 8. The summed E-state index contributed by atoms with van der Waals surface area (Å²) in [4.78, 5) is 130. The Balaban J connectivity index is 1.82. The molecule has 0 aromatic heterocycles. The fraction of sp³-hybridized carbons (Fsp3) is 0.580. The van der Waals surface area contributed by atoms with E-state index in [0.717, 1.165) is 0 Å². The van der Waals surface area contributed by atoms with Crippen molar-refractivity contribution >= 4 is 53.2 Å². The van der Waals surface area contributed by atoms with Gasteiger partial charge in [-0.2, -0.15) is 0 Å². The van der Waals surface area contributed by atoms with Gasteiger partial charge in [-0.15, -0.1) is 0 Å². The van der Waals surface area contributed by atoms with Gasteiger partial charge in [0, 0.05) is 27.0 Å². The number of cyclic esters (lactones) is 1. The lowest BCUT2D eigenvalue weighted by molar-refractivity contribution is -0.171. The van der Waals surface area contributed by atoms with Crippen LogP contribution in [0.15, 0.2) is 54.6 Å². The van der Waals surface area contributed by atoms with E-state index in [1.54, 1.807) is 65.0 Å². The molecule has 9 N–H and O–H groups in total. The molecule has 8 amide bonds. The summed E-state index contributed by atoms with van der Waals surface area (Å²) in [6, 6.07) is 4.48. The van der Waals surface area contributed by atoms with E-state index in [9.17, 15) is 48.6 Å². The molecule has 2 aromatic carbocycles. The summed E-state index contributed by atoms with van der Waals surface area (Å²) in [6.07, 6.45) is -4.57. The van der Waals surface area contributed by atoms with E-state index in [4.69, 9.17) is 15.2 Å². The predicted octanol–water partition coefficient (Wildman–Crippen LogP) is 0.322. The van der Waals surface area contributed by atoms with Crippen LogP contribution in [0.5, 0.6) is 5.75 Å². The lowest BCUT2D eigenvalue weighted by Gasteiger charge is -2.46. The lowest BCUT2D eigenvalue weighted by atomic mass is 9.91. The maximum atomic E-state index is 15.0. The summed E-state index contributed by atoms with van der Waals surface area (Å²) < 4.78 is 11.7. The first-order valence-electron chi connectivity index (χ1n) is 24.1. The molecule has 390 valence electrons. The number of hydrogen-bond donors (Lipinski definition) is 8. The molecular weight excluding hydrogens is 921 g/mol. The van der Waals surface area contributed by atoms with Gasteiger partial charge in [0.05, 0.1) is 6.42 Å². The van der Waals surface area contributed by atoms with Crippen LogP contribution >= 0.6 is 0 Å². The van der Waals surface area contributed by atoms with Gasteiger partial charge in [0.15, 0.2) is 0 Å². The first kappa shape index (κ1) is 57.0. The monoisotopic (exact) mass is 993 g/mol. The minimum Gasteiger partial charge on any atom is -0.508 e. The molecular formula is C50H72N8O13. The molecule has 2 fully saturated rings. The fourth-order valence-corrected chi connectivity index (χ4v) is 8.62. The van der Waals surface area contributed by atoms with Crippen LogP contribution in [0.4, 0.5) is 0 Å². The highest BCUT2D eigenvalue weighted by atomic mass is 16.5. The van der Waals surface area contributed by atoms with Gasteiger partial charge in [-0.25, -0.2) is 4.79 Å². The summed E-state index contributed by atoms with van der Waals surface area (Å²) in [7, 11) is 2.85. The average Bonchev–Trinajstić information content (AvgIpc) is 3.31. The minimum atomic E-state index is -1.85. The van der Waals surface area contributed by atoms with Crippen molar-refractivity contribution in [3.8, 4) is 5.75 Å². The number of aliphatic hydroxyl groups excluding tert-OH is 1. The predicted molar refractivity (Wildman–Crippen MR) is 258 cm³/mol. The first-order valence-corrected chi connectivity index (χ1v) is 24.1. The number of ether oxygens (including phenoxy) is 2. The van der Waals surface area contributed by atoms with Gasteiger partial charge in [-0.05, 0) is 67.2 Å². The van der Waals surface area contributed by atoms with Gasteiger partial charge in [0.25, 0.3) is 0 Å². The van der Waals surface area contributed by atoms with E-state index >= 15 is 4.79 Å². The highest BCUT2D eigenvalue weighted by Gasteiger charge is 2.48. The van der Waals surface area contributed by atoms with E-state index in [2.05, 4.69) is 26.6 Å². The number of rotatable bonds is 16. The highest BCUT2D eigenvalue weighted by Crippen LogP contribution is 2.29. The number of fused-ring (bicyclic) bond motifs is 2. The Morgan fingerprint density at radius 2 is 1.51 bits per heavy atom. The second-order valence-corrected chi connectivity index (χ2v) is 19.2. The number of primary amides is 1. The zero-order valence-corrected chi connectivity index (χ0v) is 42.0. The molecule has 4 rings (SSSR count). The maximum Gasteiger partial charge on any atom is 0.329 e. The lowest BCUT2D eigenvalue weighted by Crippen LogP contribution is -2.66. The van der Waals surface area contributed by atoms with Crippen molar-refractivity contribution < 1.29 is 62.8 Å². The third-order valence-electron chi connectivity index (χ3n) is 12.9. The van der Waals surface area contributed by atoms with Crippen molar-refractivity contribution in [2.45, 2.75) is 154 Å². The Kier molecular flexibility index (Phi) is 20.9. The largest absolute Gasteiger partial charge is 0.508 e. The van der Waals surface area contributed by atoms with Crippen LogP contribution in [0.2, 0.25) is 0 Å². The summed E-state index contributed by atoms with van der Waals surface area (Å²) in [6.45, 7) is 11.7. The normalized spacial score (nSPS) is 25.4. The Hall–Kier alpha value is -6.61. The number of methoxy groups -OCH3 is 1. The maximum absolute atomic E-state index is 15.0. The number of likely N-dealkylation sites (N-methyl/N-ethyl adjacent to an activating group) is 1. The standard InChI is InChI=1S/C50H72N8O13/c1-10-28(6)42-49(68)57(8)36(23-30-14-12-11-13-15-30)45(64)55-40(27(4)5)50(69)71-29(7)41(47(66)54-34(22-26(2)3)43(62)52-33-20-21-39(70-9)58(42)48(33)67)56-44(63)35(25-38(51)61)53-46(65)37(60)24-31-16-18-32(59)19-17-31/h11-19,26-29,33-37,39-42,59-60H,10,20-25H2,1-9H3,(H2,51,61)(H,52,62)(H,53,65)(H,54,66)(H,55,64)(H,56,63)/t28-,29-,33-,34-,35+,36-,37+,39+,40-,41-,42-/m0/s1. The number of phenols is 1. The molecule has 2 heterocycles. The first-order chi connectivity index (χ1) is 33.5. The molecule has 21 nitrogen and oxygen atoms in total. The van der Waals surface area contributed by atoms with E-state index < -0.39 is 132 Å². The molecule has 0 aliphatic carbocycles. The smallest absolute Gasteiger partial charge is 0.329 e. The van der Waals surface area contributed by atoms with Crippen LogP contribution in [0.3, 0.4) is 0 Å². The van der Waals surface area contributed by atoms with Gasteiger partial charge < -0.3 is 61.8 Å². The molecule has 71 heavy (non-hydrogen) atoms. The summed E-state index contributed by atoms with van der Waals surface area (Å²) in [5.74, 6) is -9.58. The van der Waals surface area contributed by atoms with E-state index in [0.29, 0.717) is 17.5 Å². The van der Waals surface area contributed by atoms with Gasteiger partial charge >= 0.3 is 5.97 Å². The molecule has 2 bridgehead atoms. The zero-order chi connectivity index (χ0) is 52.9. The SMILES string of the molecule is CC[C@H](C)[C@H]1C(=O)N(C)[C@@H](Cc2ccccc2)C(=O)N[C@@H](C(C)C)C(=O)O[C@@H](C)[C@H](NC(=O)[C@@H](CC(N)=O)NC(=O)[C@H](O)Cc2ccc(O)cc2)C(=O)N[C@@H](CC(C)C)C(=O)N[C@H]2CC[C@@H](OC)N1C2=O. The number of carbonyl (C=O) groups excluding carboxylic acids is 9. The van der Waals surface area contributed by atoms with Gasteiger partial charge in [-0.1, -0.05) is 90.4 Å². The van der Waals surface area contributed by atoms with E-state index in [-0.39, 0.29) is 43.8 Å². The van der Waals surface area contributed by atoms with Crippen LogP contribution in [0.1, 0.15) is 91.7 Å².